The molecule has 0 unspecified atom stereocenters. The quantitative estimate of drug-likeness (QED) is 0.755. The summed E-state index contributed by atoms with van der Waals surface area (Å²) in [5.41, 5.74) is 1.65. The molecule has 1 aromatic carbocycles. The molecule has 31 heavy (non-hydrogen) atoms. The first-order valence-corrected chi connectivity index (χ1v) is 11.8. The molecular formula is C25H36N4O2. The van der Waals surface area contributed by atoms with Gasteiger partial charge in [-0.05, 0) is 56.2 Å². The van der Waals surface area contributed by atoms with E-state index < -0.39 is 0 Å². The van der Waals surface area contributed by atoms with Gasteiger partial charge in [0.15, 0.2) is 0 Å². The van der Waals surface area contributed by atoms with Crippen LogP contribution in [-0.2, 0) is 17.8 Å². The first-order valence-electron chi connectivity index (χ1n) is 11.8. The van der Waals surface area contributed by atoms with E-state index in [1.165, 1.54) is 24.8 Å². The Morgan fingerprint density at radius 2 is 1.97 bits per heavy atom. The minimum absolute atomic E-state index is 0.273. The lowest BCUT2D eigenvalue weighted by Gasteiger charge is -2.44. The number of rotatable bonds is 3. The Morgan fingerprint density at radius 1 is 1.13 bits per heavy atom. The van der Waals surface area contributed by atoms with Crippen molar-refractivity contribution in [1.82, 2.24) is 19.4 Å². The molecule has 0 N–H and O–H groups in total. The van der Waals surface area contributed by atoms with E-state index in [1.54, 1.807) is 12.5 Å². The first kappa shape index (κ1) is 21.9. The molecule has 0 saturated carbocycles. The van der Waals surface area contributed by atoms with Gasteiger partial charge in [0.1, 0.15) is 12.4 Å². The predicted molar refractivity (Wildman–Crippen MR) is 122 cm³/mol. The van der Waals surface area contributed by atoms with Crippen molar-refractivity contribution in [1.29, 1.82) is 0 Å². The fraction of sp³-hybridized carbons (Fsp3) is 0.600. The fourth-order valence-electron chi connectivity index (χ4n) is 5.15. The number of carbonyl (C=O) groups is 1. The molecule has 3 heterocycles. The van der Waals surface area contributed by atoms with Crippen molar-refractivity contribution in [3.63, 3.8) is 0 Å². The number of hydrogen-bond acceptors (Lipinski definition) is 4. The number of nitrogens with zero attached hydrogens (tertiary/aromatic N) is 4. The summed E-state index contributed by atoms with van der Waals surface area (Å²) in [5, 5.41) is 0. The van der Waals surface area contributed by atoms with Gasteiger partial charge in [0.05, 0.1) is 6.33 Å². The number of imidazole rings is 1. The number of fused-ring (bicyclic) bond motifs is 1. The van der Waals surface area contributed by atoms with Gasteiger partial charge in [-0.1, -0.05) is 24.6 Å². The standard InChI is InChI=1S/C25H36N4O2/c1-27-18-19-31-23-8-3-2-6-22(23)7-4-5-10-25(20-27)11-15-29(16-12-25)24(30)9-14-28-17-13-26-21-28/h2-3,6,8,13,17,21H,4-5,7,9-12,14-16,18-20H2,1H3. The third-order valence-corrected chi connectivity index (χ3v) is 7.03. The first-order chi connectivity index (χ1) is 15.1. The summed E-state index contributed by atoms with van der Waals surface area (Å²) in [6, 6.07) is 8.48. The third-order valence-electron chi connectivity index (χ3n) is 7.03. The maximum atomic E-state index is 12.7. The van der Waals surface area contributed by atoms with Gasteiger partial charge in [0, 0.05) is 51.5 Å². The molecule has 0 atom stereocenters. The van der Waals surface area contributed by atoms with Gasteiger partial charge in [0.25, 0.3) is 0 Å². The zero-order chi connectivity index (χ0) is 21.5. The molecule has 2 aliphatic heterocycles. The highest BCUT2D eigenvalue weighted by atomic mass is 16.5. The van der Waals surface area contributed by atoms with E-state index in [0.717, 1.165) is 57.8 Å². The molecule has 0 aliphatic carbocycles. The number of benzene rings is 1. The number of hydrogen-bond donors (Lipinski definition) is 0. The summed E-state index contributed by atoms with van der Waals surface area (Å²) < 4.78 is 8.09. The van der Waals surface area contributed by atoms with Gasteiger partial charge in [-0.2, -0.15) is 0 Å². The Balaban J connectivity index is 1.33. The molecule has 6 heteroatoms. The maximum Gasteiger partial charge on any atom is 0.224 e. The van der Waals surface area contributed by atoms with Crippen LogP contribution in [0, 0.1) is 5.41 Å². The highest BCUT2D eigenvalue weighted by molar-refractivity contribution is 5.76. The number of amides is 1. The van der Waals surface area contributed by atoms with Gasteiger partial charge in [0.2, 0.25) is 5.91 Å². The van der Waals surface area contributed by atoms with Crippen molar-refractivity contribution in [3.8, 4) is 5.75 Å². The van der Waals surface area contributed by atoms with E-state index in [0.29, 0.717) is 18.4 Å². The number of ether oxygens (including phenoxy) is 1. The Morgan fingerprint density at radius 3 is 2.77 bits per heavy atom. The summed E-state index contributed by atoms with van der Waals surface area (Å²) in [4.78, 5) is 21.3. The molecule has 1 spiro atoms. The molecule has 2 aromatic rings. The minimum atomic E-state index is 0.273. The average Bonchev–Trinajstić information content (AvgIpc) is 3.29. The number of piperidine rings is 1. The zero-order valence-electron chi connectivity index (χ0n) is 18.8. The molecule has 0 bridgehead atoms. The van der Waals surface area contributed by atoms with E-state index >= 15 is 0 Å². The SMILES string of the molecule is CN1CCOc2ccccc2CCCCC2(CCN(C(=O)CCn3ccnc3)CC2)C1. The van der Waals surface area contributed by atoms with Crippen molar-refractivity contribution in [2.24, 2.45) is 5.41 Å². The van der Waals surface area contributed by atoms with E-state index in [1.807, 2.05) is 10.8 Å². The summed E-state index contributed by atoms with van der Waals surface area (Å²) in [6.07, 6.45) is 13.0. The molecule has 0 radical (unpaired) electrons. The van der Waals surface area contributed by atoms with Crippen LogP contribution in [0.4, 0.5) is 0 Å². The predicted octanol–water partition coefficient (Wildman–Crippen LogP) is 3.62. The molecule has 1 amide bonds. The van der Waals surface area contributed by atoms with Crippen LogP contribution < -0.4 is 4.74 Å². The number of carbonyl (C=O) groups excluding carboxylic acids is 1. The fourth-order valence-corrected chi connectivity index (χ4v) is 5.15. The van der Waals surface area contributed by atoms with Crippen LogP contribution >= 0.6 is 0 Å². The lowest BCUT2D eigenvalue weighted by molar-refractivity contribution is -0.134. The zero-order valence-corrected chi connectivity index (χ0v) is 18.8. The van der Waals surface area contributed by atoms with Crippen molar-refractivity contribution >= 4 is 5.91 Å². The Kier molecular flexibility index (Phi) is 7.28. The van der Waals surface area contributed by atoms with Crippen LogP contribution in [0.25, 0.3) is 0 Å². The molecule has 6 nitrogen and oxygen atoms in total. The van der Waals surface area contributed by atoms with Crippen LogP contribution in [0.2, 0.25) is 0 Å². The van der Waals surface area contributed by atoms with E-state index in [9.17, 15) is 4.79 Å². The number of aryl methyl sites for hydroxylation is 2. The molecule has 168 valence electrons. The minimum Gasteiger partial charge on any atom is -0.492 e. The normalized spacial score (nSPS) is 20.4. The Bertz CT molecular complexity index is 828. The van der Waals surface area contributed by atoms with E-state index in [-0.39, 0.29) is 5.91 Å². The molecular weight excluding hydrogens is 388 g/mol. The van der Waals surface area contributed by atoms with Crippen LogP contribution in [0.15, 0.2) is 43.0 Å². The van der Waals surface area contributed by atoms with Crippen LogP contribution in [0.5, 0.6) is 5.75 Å². The molecule has 1 fully saturated rings. The Hall–Kier alpha value is -2.34. The maximum absolute atomic E-state index is 12.7. The second kappa shape index (κ2) is 10.3. The van der Waals surface area contributed by atoms with Gasteiger partial charge in [-0.3, -0.25) is 4.79 Å². The van der Waals surface area contributed by atoms with Crippen LogP contribution in [0.1, 0.15) is 44.1 Å². The van der Waals surface area contributed by atoms with E-state index in [4.69, 9.17) is 4.74 Å². The topological polar surface area (TPSA) is 50.6 Å². The lowest BCUT2D eigenvalue weighted by Crippen LogP contribution is -2.48. The summed E-state index contributed by atoms with van der Waals surface area (Å²) in [5.74, 6) is 1.32. The van der Waals surface area contributed by atoms with Crippen molar-refractivity contribution < 1.29 is 9.53 Å². The second-order valence-corrected chi connectivity index (χ2v) is 9.33. The Labute approximate surface area is 186 Å². The largest absolute Gasteiger partial charge is 0.492 e. The third kappa shape index (κ3) is 5.88. The summed E-state index contributed by atoms with van der Waals surface area (Å²) in [6.45, 7) is 5.23. The second-order valence-electron chi connectivity index (χ2n) is 9.33. The van der Waals surface area contributed by atoms with Gasteiger partial charge in [-0.15, -0.1) is 0 Å². The molecule has 2 aliphatic rings. The van der Waals surface area contributed by atoms with E-state index in [2.05, 4.69) is 46.1 Å². The molecule has 1 saturated heterocycles. The highest BCUT2D eigenvalue weighted by Crippen LogP contribution is 2.38. The van der Waals surface area contributed by atoms with Crippen LogP contribution in [-0.4, -0.2) is 65.1 Å². The van der Waals surface area contributed by atoms with Gasteiger partial charge in [-0.25, -0.2) is 4.98 Å². The number of likely N-dealkylation sites (N-methyl/N-ethyl adjacent to an activating group) is 1. The number of para-hydroxylation sites is 1. The van der Waals surface area contributed by atoms with Crippen LogP contribution in [0.3, 0.4) is 0 Å². The summed E-state index contributed by atoms with van der Waals surface area (Å²) >= 11 is 0. The van der Waals surface area contributed by atoms with Crippen molar-refractivity contribution in [2.75, 3.05) is 39.8 Å². The summed E-state index contributed by atoms with van der Waals surface area (Å²) in [7, 11) is 2.21. The van der Waals surface area contributed by atoms with Crippen molar-refractivity contribution in [2.45, 2.75) is 51.5 Å². The molecule has 1 aromatic heterocycles. The lowest BCUT2D eigenvalue weighted by atomic mass is 9.73. The number of likely N-dealkylation sites (tertiary alicyclic amines) is 1. The number of aromatic nitrogens is 2. The van der Waals surface area contributed by atoms with Crippen molar-refractivity contribution in [3.05, 3.63) is 48.5 Å². The highest BCUT2D eigenvalue weighted by Gasteiger charge is 2.36. The van der Waals surface area contributed by atoms with Gasteiger partial charge < -0.3 is 19.1 Å². The average molecular weight is 425 g/mol. The monoisotopic (exact) mass is 424 g/mol. The molecule has 4 rings (SSSR count). The van der Waals surface area contributed by atoms with Gasteiger partial charge >= 0.3 is 0 Å². The smallest absolute Gasteiger partial charge is 0.224 e.